The van der Waals surface area contributed by atoms with Crippen LogP contribution in [0.2, 0.25) is 0 Å². The van der Waals surface area contributed by atoms with Crippen molar-refractivity contribution in [2.75, 3.05) is 47.2 Å². The minimum absolute atomic E-state index is 0.0787. The second-order valence-corrected chi connectivity index (χ2v) is 7.81. The molecule has 150 valence electrons. The number of hydrogen-bond donors (Lipinski definition) is 1. The Labute approximate surface area is 169 Å². The van der Waals surface area contributed by atoms with E-state index < -0.39 is 0 Å². The van der Waals surface area contributed by atoms with Crippen LogP contribution in [-0.4, -0.2) is 55.0 Å². The Bertz CT molecular complexity index is 1010. The van der Waals surface area contributed by atoms with E-state index in [0.717, 1.165) is 42.1 Å². The van der Waals surface area contributed by atoms with Crippen LogP contribution >= 0.6 is 0 Å². The fourth-order valence-electron chi connectivity index (χ4n) is 4.73. The molecule has 2 aromatic rings. The quantitative estimate of drug-likeness (QED) is 0.843. The third-order valence-electron chi connectivity index (χ3n) is 6.25. The predicted molar refractivity (Wildman–Crippen MR) is 112 cm³/mol. The van der Waals surface area contributed by atoms with Crippen LogP contribution in [0.5, 0.6) is 0 Å². The van der Waals surface area contributed by atoms with Gasteiger partial charge in [0.15, 0.2) is 0 Å². The van der Waals surface area contributed by atoms with E-state index in [1.54, 1.807) is 25.2 Å². The maximum absolute atomic E-state index is 13.6. The minimum atomic E-state index is -0.0787. The van der Waals surface area contributed by atoms with E-state index in [1.807, 2.05) is 23.1 Å². The van der Waals surface area contributed by atoms with E-state index in [9.17, 15) is 9.59 Å². The van der Waals surface area contributed by atoms with Gasteiger partial charge in [0, 0.05) is 62.8 Å². The van der Waals surface area contributed by atoms with Gasteiger partial charge < -0.3 is 20.0 Å². The zero-order valence-electron chi connectivity index (χ0n) is 16.7. The van der Waals surface area contributed by atoms with E-state index in [1.165, 1.54) is 0 Å². The Morgan fingerprint density at radius 1 is 1.17 bits per heavy atom. The van der Waals surface area contributed by atoms with E-state index >= 15 is 0 Å². The van der Waals surface area contributed by atoms with Gasteiger partial charge in [0.25, 0.3) is 5.91 Å². The highest BCUT2D eigenvalue weighted by molar-refractivity contribution is 6.11. The summed E-state index contributed by atoms with van der Waals surface area (Å²) in [6.07, 6.45) is 4.85. The third-order valence-corrected chi connectivity index (χ3v) is 6.25. The molecule has 0 unspecified atom stereocenters. The molecule has 8 nitrogen and oxygen atoms in total. The summed E-state index contributed by atoms with van der Waals surface area (Å²) >= 11 is 0. The van der Waals surface area contributed by atoms with Gasteiger partial charge in [-0.05, 0) is 31.4 Å². The molecule has 0 saturated carbocycles. The molecule has 5 rings (SSSR count). The van der Waals surface area contributed by atoms with Gasteiger partial charge >= 0.3 is 0 Å². The molecule has 2 amide bonds. The molecule has 1 fully saturated rings. The SMILES string of the molecule is CNc1ncc2c(n1)N1CCC[C@H]1CN(c1cccc3c1CCC(=O)N3C)C2=O. The summed E-state index contributed by atoms with van der Waals surface area (Å²) in [6, 6.07) is 6.10. The van der Waals surface area contributed by atoms with Gasteiger partial charge in [-0.2, -0.15) is 4.98 Å². The smallest absolute Gasteiger partial charge is 0.263 e. The molecule has 1 atom stereocenters. The van der Waals surface area contributed by atoms with Crippen LogP contribution < -0.4 is 20.0 Å². The lowest BCUT2D eigenvalue weighted by Gasteiger charge is -2.32. The molecular weight excluding hydrogens is 368 g/mol. The van der Waals surface area contributed by atoms with Crippen LogP contribution in [0.3, 0.4) is 0 Å². The fourth-order valence-corrected chi connectivity index (χ4v) is 4.73. The number of benzene rings is 1. The zero-order chi connectivity index (χ0) is 20.1. The number of aromatic nitrogens is 2. The maximum Gasteiger partial charge on any atom is 0.263 e. The predicted octanol–water partition coefficient (Wildman–Crippen LogP) is 2.06. The Hall–Kier alpha value is -3.16. The molecule has 1 aromatic heterocycles. The molecule has 1 aromatic carbocycles. The lowest BCUT2D eigenvalue weighted by molar-refractivity contribution is -0.118. The topological polar surface area (TPSA) is 81.7 Å². The first-order chi connectivity index (χ1) is 14.1. The minimum Gasteiger partial charge on any atom is -0.357 e. The number of carbonyl (C=O) groups excluding carboxylic acids is 2. The first-order valence-electron chi connectivity index (χ1n) is 10.1. The van der Waals surface area contributed by atoms with Crippen molar-refractivity contribution >= 4 is 35.0 Å². The lowest BCUT2D eigenvalue weighted by Crippen LogP contribution is -2.41. The molecule has 0 aliphatic carbocycles. The molecule has 1 saturated heterocycles. The molecule has 4 heterocycles. The Balaban J connectivity index is 1.64. The van der Waals surface area contributed by atoms with Crippen LogP contribution in [0.25, 0.3) is 0 Å². The summed E-state index contributed by atoms with van der Waals surface area (Å²) in [5, 5.41) is 2.97. The molecule has 8 heteroatoms. The van der Waals surface area contributed by atoms with Crippen molar-refractivity contribution in [2.45, 2.75) is 31.7 Å². The second kappa shape index (κ2) is 6.72. The summed E-state index contributed by atoms with van der Waals surface area (Å²) < 4.78 is 0. The van der Waals surface area contributed by atoms with Gasteiger partial charge in [0.1, 0.15) is 11.4 Å². The highest BCUT2D eigenvalue weighted by Gasteiger charge is 2.38. The molecule has 0 bridgehead atoms. The second-order valence-electron chi connectivity index (χ2n) is 7.81. The molecule has 3 aliphatic rings. The van der Waals surface area contributed by atoms with Gasteiger partial charge in [0.2, 0.25) is 11.9 Å². The number of hydrogen-bond acceptors (Lipinski definition) is 6. The first-order valence-corrected chi connectivity index (χ1v) is 10.1. The van der Waals surface area contributed by atoms with Crippen molar-refractivity contribution in [3.05, 3.63) is 35.5 Å². The number of fused-ring (bicyclic) bond motifs is 4. The Morgan fingerprint density at radius 3 is 2.83 bits per heavy atom. The fraction of sp³-hybridized carbons (Fsp3) is 0.429. The lowest BCUT2D eigenvalue weighted by atomic mass is 9.98. The molecular formula is C21H24N6O2. The standard InChI is InChI=1S/C21H24N6O2/c1-22-21-23-11-15-19(24-21)26-10-4-5-13(26)12-27(20(15)29)17-7-3-6-16-14(17)8-9-18(28)25(16)2/h3,6-7,11,13H,4-5,8-10,12H2,1-2H3,(H,22,23,24)/t13-/m0/s1. The molecule has 29 heavy (non-hydrogen) atoms. The van der Waals surface area contributed by atoms with Crippen molar-refractivity contribution in [2.24, 2.45) is 0 Å². The van der Waals surface area contributed by atoms with E-state index in [2.05, 4.69) is 20.2 Å². The summed E-state index contributed by atoms with van der Waals surface area (Å²) in [7, 11) is 3.58. The summed E-state index contributed by atoms with van der Waals surface area (Å²) in [6.45, 7) is 1.50. The van der Waals surface area contributed by atoms with Crippen LogP contribution in [0, 0.1) is 0 Å². The Kier molecular flexibility index (Phi) is 4.15. The van der Waals surface area contributed by atoms with Crippen LogP contribution in [0.15, 0.2) is 24.4 Å². The van der Waals surface area contributed by atoms with Crippen molar-refractivity contribution in [1.82, 2.24) is 9.97 Å². The van der Waals surface area contributed by atoms with E-state index in [4.69, 9.17) is 0 Å². The van der Waals surface area contributed by atoms with Gasteiger partial charge in [-0.3, -0.25) is 9.59 Å². The number of carbonyl (C=O) groups is 2. The van der Waals surface area contributed by atoms with Crippen molar-refractivity contribution in [3.63, 3.8) is 0 Å². The highest BCUT2D eigenvalue weighted by Crippen LogP contribution is 2.39. The van der Waals surface area contributed by atoms with Gasteiger partial charge in [-0.1, -0.05) is 6.07 Å². The Morgan fingerprint density at radius 2 is 2.00 bits per heavy atom. The number of amides is 2. The molecule has 0 spiro atoms. The summed E-state index contributed by atoms with van der Waals surface area (Å²) in [5.41, 5.74) is 3.38. The van der Waals surface area contributed by atoms with E-state index in [0.29, 0.717) is 30.9 Å². The largest absolute Gasteiger partial charge is 0.357 e. The zero-order valence-corrected chi connectivity index (χ0v) is 16.7. The number of rotatable bonds is 2. The van der Waals surface area contributed by atoms with E-state index in [-0.39, 0.29) is 17.9 Å². The highest BCUT2D eigenvalue weighted by atomic mass is 16.2. The van der Waals surface area contributed by atoms with Crippen LogP contribution in [0.4, 0.5) is 23.1 Å². The maximum atomic E-state index is 13.6. The molecule has 1 N–H and O–H groups in total. The third kappa shape index (κ3) is 2.73. The monoisotopic (exact) mass is 392 g/mol. The van der Waals surface area contributed by atoms with Gasteiger partial charge in [0.05, 0.1) is 0 Å². The number of anilines is 4. The van der Waals surface area contributed by atoms with Crippen molar-refractivity contribution in [1.29, 1.82) is 0 Å². The number of nitrogens with zero attached hydrogens (tertiary/aromatic N) is 5. The van der Waals surface area contributed by atoms with Crippen molar-refractivity contribution < 1.29 is 9.59 Å². The first kappa shape index (κ1) is 17.9. The number of nitrogens with one attached hydrogen (secondary N) is 1. The average Bonchev–Trinajstić information content (AvgIpc) is 3.17. The van der Waals surface area contributed by atoms with Crippen LogP contribution in [0.1, 0.15) is 35.2 Å². The molecule has 0 radical (unpaired) electrons. The normalized spacial score (nSPS) is 20.9. The van der Waals surface area contributed by atoms with Crippen molar-refractivity contribution in [3.8, 4) is 0 Å². The molecule has 3 aliphatic heterocycles. The van der Waals surface area contributed by atoms with Crippen LogP contribution in [-0.2, 0) is 11.2 Å². The van der Waals surface area contributed by atoms with Gasteiger partial charge in [-0.15, -0.1) is 0 Å². The van der Waals surface area contributed by atoms with Gasteiger partial charge in [-0.25, -0.2) is 4.98 Å². The average molecular weight is 392 g/mol. The summed E-state index contributed by atoms with van der Waals surface area (Å²) in [4.78, 5) is 40.5. The summed E-state index contributed by atoms with van der Waals surface area (Å²) in [5.74, 6) is 1.27.